The molecule has 4 rings (SSSR count). The largest absolute Gasteiger partial charge is 0.353 e. The number of carbonyl (C=O) groups is 1. The molecule has 5 nitrogen and oxygen atoms in total. The third kappa shape index (κ3) is 3.83. The van der Waals surface area contributed by atoms with Gasteiger partial charge in [-0.25, -0.2) is 9.78 Å². The minimum Gasteiger partial charge on any atom is -0.353 e. The molecule has 1 N–H and O–H groups in total. The highest BCUT2D eigenvalue weighted by Gasteiger charge is 2.22. The second kappa shape index (κ2) is 7.45. The molecule has 2 aromatic carbocycles. The Morgan fingerprint density at radius 2 is 1.81 bits per heavy atom. The van der Waals surface area contributed by atoms with E-state index in [1.807, 2.05) is 35.2 Å². The quantitative estimate of drug-likeness (QED) is 0.709. The molecule has 1 aliphatic heterocycles. The van der Waals surface area contributed by atoms with Crippen LogP contribution in [-0.4, -0.2) is 42.1 Å². The Kier molecular flexibility index (Phi) is 4.86. The Labute approximate surface area is 163 Å². The van der Waals surface area contributed by atoms with Crippen LogP contribution in [0.5, 0.6) is 0 Å². The minimum absolute atomic E-state index is 0.0976. The van der Waals surface area contributed by atoms with Crippen LogP contribution in [0.1, 0.15) is 5.56 Å². The first-order valence-corrected chi connectivity index (χ1v) is 9.41. The van der Waals surface area contributed by atoms with E-state index < -0.39 is 0 Å². The Bertz CT molecular complexity index is 983. The molecule has 0 saturated carbocycles. The fourth-order valence-electron chi connectivity index (χ4n) is 3.40. The third-order valence-corrected chi connectivity index (χ3v) is 5.11. The second-order valence-corrected chi connectivity index (χ2v) is 7.17. The average molecular weight is 381 g/mol. The topological polar surface area (TPSA) is 48.5 Å². The van der Waals surface area contributed by atoms with Gasteiger partial charge in [-0.3, -0.25) is 0 Å². The number of benzene rings is 2. The third-order valence-electron chi connectivity index (χ3n) is 4.88. The van der Waals surface area contributed by atoms with Crippen LogP contribution in [-0.2, 0) is 0 Å². The summed E-state index contributed by atoms with van der Waals surface area (Å²) in [5, 5.41) is 4.70. The SMILES string of the molecule is Cc1cc(N2CCN(C(=O)Nc3cccc(Cl)c3)CC2)nc2ccccc12. The van der Waals surface area contributed by atoms with E-state index in [-0.39, 0.29) is 6.03 Å². The van der Waals surface area contributed by atoms with E-state index >= 15 is 0 Å². The Balaban J connectivity index is 1.42. The first kappa shape index (κ1) is 17.6. The van der Waals surface area contributed by atoms with Gasteiger partial charge in [0.15, 0.2) is 0 Å². The maximum atomic E-state index is 12.5. The van der Waals surface area contributed by atoms with Gasteiger partial charge in [0, 0.05) is 42.3 Å². The summed E-state index contributed by atoms with van der Waals surface area (Å²) in [5.74, 6) is 0.973. The molecule has 2 amide bonds. The number of aryl methyl sites for hydroxylation is 1. The summed E-state index contributed by atoms with van der Waals surface area (Å²) in [6, 6.07) is 17.4. The molecular formula is C21H21ClN4O. The highest BCUT2D eigenvalue weighted by molar-refractivity contribution is 6.30. The number of pyridine rings is 1. The highest BCUT2D eigenvalue weighted by Crippen LogP contribution is 2.23. The first-order chi connectivity index (χ1) is 13.1. The molecule has 1 aromatic heterocycles. The van der Waals surface area contributed by atoms with Gasteiger partial charge < -0.3 is 15.1 Å². The second-order valence-electron chi connectivity index (χ2n) is 6.73. The number of fused-ring (bicyclic) bond motifs is 1. The first-order valence-electron chi connectivity index (χ1n) is 9.03. The van der Waals surface area contributed by atoms with Crippen LogP contribution in [0, 0.1) is 6.92 Å². The maximum Gasteiger partial charge on any atom is 0.321 e. The molecule has 0 unspecified atom stereocenters. The molecule has 2 heterocycles. The van der Waals surface area contributed by atoms with Crippen molar-refractivity contribution < 1.29 is 4.79 Å². The van der Waals surface area contributed by atoms with Crippen LogP contribution in [0.25, 0.3) is 10.9 Å². The number of para-hydroxylation sites is 1. The van der Waals surface area contributed by atoms with Gasteiger partial charge in [0.1, 0.15) is 5.82 Å². The minimum atomic E-state index is -0.0976. The number of amides is 2. The fourth-order valence-corrected chi connectivity index (χ4v) is 3.59. The van der Waals surface area contributed by atoms with Crippen molar-refractivity contribution in [2.45, 2.75) is 6.92 Å². The smallest absolute Gasteiger partial charge is 0.321 e. The lowest BCUT2D eigenvalue weighted by atomic mass is 10.1. The van der Waals surface area contributed by atoms with E-state index in [4.69, 9.17) is 16.6 Å². The van der Waals surface area contributed by atoms with Crippen molar-refractivity contribution in [3.05, 3.63) is 65.2 Å². The van der Waals surface area contributed by atoms with E-state index in [0.29, 0.717) is 23.8 Å². The van der Waals surface area contributed by atoms with Crippen molar-refractivity contribution in [1.82, 2.24) is 9.88 Å². The highest BCUT2D eigenvalue weighted by atomic mass is 35.5. The zero-order valence-electron chi connectivity index (χ0n) is 15.2. The Hall–Kier alpha value is -2.79. The summed E-state index contributed by atoms with van der Waals surface area (Å²) in [7, 11) is 0. The number of urea groups is 1. The van der Waals surface area contributed by atoms with Crippen molar-refractivity contribution in [3.8, 4) is 0 Å². The molecule has 3 aromatic rings. The molecule has 0 radical (unpaired) electrons. The van der Waals surface area contributed by atoms with Crippen LogP contribution in [0.2, 0.25) is 5.02 Å². The van der Waals surface area contributed by atoms with Gasteiger partial charge in [0.05, 0.1) is 5.52 Å². The van der Waals surface area contributed by atoms with Gasteiger partial charge >= 0.3 is 6.03 Å². The van der Waals surface area contributed by atoms with Crippen molar-refractivity contribution in [1.29, 1.82) is 0 Å². The maximum absolute atomic E-state index is 12.5. The van der Waals surface area contributed by atoms with E-state index in [9.17, 15) is 4.79 Å². The molecule has 1 saturated heterocycles. The molecule has 0 bridgehead atoms. The molecule has 0 atom stereocenters. The molecule has 1 aliphatic rings. The predicted molar refractivity (Wildman–Crippen MR) is 111 cm³/mol. The average Bonchev–Trinajstić information content (AvgIpc) is 2.68. The number of piperazine rings is 1. The normalized spacial score (nSPS) is 14.4. The van der Waals surface area contributed by atoms with Crippen molar-refractivity contribution in [3.63, 3.8) is 0 Å². The summed E-state index contributed by atoms with van der Waals surface area (Å²) >= 11 is 5.98. The molecular weight excluding hydrogens is 360 g/mol. The van der Waals surface area contributed by atoms with Crippen LogP contribution < -0.4 is 10.2 Å². The fraction of sp³-hybridized carbons (Fsp3) is 0.238. The van der Waals surface area contributed by atoms with E-state index in [1.54, 1.807) is 12.1 Å². The van der Waals surface area contributed by atoms with Crippen LogP contribution >= 0.6 is 11.6 Å². The Morgan fingerprint density at radius 1 is 1.04 bits per heavy atom. The number of aromatic nitrogens is 1. The lowest BCUT2D eigenvalue weighted by molar-refractivity contribution is 0.208. The van der Waals surface area contributed by atoms with Gasteiger partial charge in [0.25, 0.3) is 0 Å². The molecule has 0 spiro atoms. The standard InChI is InChI=1S/C21H21ClN4O/c1-15-13-20(24-19-8-3-2-7-18(15)19)25-9-11-26(12-10-25)21(27)23-17-6-4-5-16(22)14-17/h2-8,13-14H,9-12H2,1H3,(H,23,27). The van der Waals surface area contributed by atoms with Gasteiger partial charge in [-0.2, -0.15) is 0 Å². The number of nitrogens with zero attached hydrogens (tertiary/aromatic N) is 3. The van der Waals surface area contributed by atoms with Crippen molar-refractivity contribution >= 4 is 40.0 Å². The molecule has 0 aliphatic carbocycles. The molecule has 6 heteroatoms. The van der Waals surface area contributed by atoms with Crippen LogP contribution in [0.4, 0.5) is 16.3 Å². The van der Waals surface area contributed by atoms with Crippen LogP contribution in [0.15, 0.2) is 54.6 Å². The Morgan fingerprint density at radius 3 is 2.59 bits per heavy atom. The summed E-state index contributed by atoms with van der Waals surface area (Å²) in [6.07, 6.45) is 0. The van der Waals surface area contributed by atoms with E-state index in [0.717, 1.165) is 24.4 Å². The summed E-state index contributed by atoms with van der Waals surface area (Å²) in [4.78, 5) is 21.4. The summed E-state index contributed by atoms with van der Waals surface area (Å²) < 4.78 is 0. The number of hydrogen-bond donors (Lipinski definition) is 1. The molecule has 27 heavy (non-hydrogen) atoms. The number of carbonyl (C=O) groups excluding carboxylic acids is 1. The van der Waals surface area contributed by atoms with Crippen molar-refractivity contribution in [2.24, 2.45) is 0 Å². The van der Waals surface area contributed by atoms with Crippen molar-refractivity contribution in [2.75, 3.05) is 36.4 Å². The number of nitrogens with one attached hydrogen (secondary N) is 1. The van der Waals surface area contributed by atoms with Gasteiger partial charge in [0.2, 0.25) is 0 Å². The molecule has 1 fully saturated rings. The van der Waals surface area contributed by atoms with Gasteiger partial charge in [-0.1, -0.05) is 35.9 Å². The van der Waals surface area contributed by atoms with Gasteiger partial charge in [-0.05, 0) is 42.8 Å². The zero-order valence-corrected chi connectivity index (χ0v) is 15.9. The molecule has 138 valence electrons. The lowest BCUT2D eigenvalue weighted by Gasteiger charge is -2.35. The summed E-state index contributed by atoms with van der Waals surface area (Å²) in [5.41, 5.74) is 2.94. The van der Waals surface area contributed by atoms with Gasteiger partial charge in [-0.15, -0.1) is 0 Å². The lowest BCUT2D eigenvalue weighted by Crippen LogP contribution is -2.50. The number of anilines is 2. The monoisotopic (exact) mass is 380 g/mol. The number of halogens is 1. The number of hydrogen-bond acceptors (Lipinski definition) is 3. The van der Waals surface area contributed by atoms with Crippen LogP contribution in [0.3, 0.4) is 0 Å². The number of rotatable bonds is 2. The van der Waals surface area contributed by atoms with E-state index in [2.05, 4.69) is 29.3 Å². The van der Waals surface area contributed by atoms with E-state index in [1.165, 1.54) is 10.9 Å². The zero-order chi connectivity index (χ0) is 18.8. The summed E-state index contributed by atoms with van der Waals surface area (Å²) in [6.45, 7) is 4.93. The predicted octanol–water partition coefficient (Wildman–Crippen LogP) is 4.55.